The lowest BCUT2D eigenvalue weighted by Crippen LogP contribution is -2.47. The van der Waals surface area contributed by atoms with E-state index in [4.69, 9.17) is 0 Å². The topological polar surface area (TPSA) is 41.1 Å². The molecular weight excluding hydrogens is 233 g/mol. The van der Waals surface area contributed by atoms with Crippen molar-refractivity contribution in [2.24, 2.45) is 5.92 Å². The molecule has 1 fully saturated rings. The van der Waals surface area contributed by atoms with Crippen LogP contribution in [0.2, 0.25) is 0 Å². The van der Waals surface area contributed by atoms with E-state index >= 15 is 0 Å². The normalized spacial score (nSPS) is 25.6. The van der Waals surface area contributed by atoms with Gasteiger partial charge in [0, 0.05) is 19.0 Å². The van der Waals surface area contributed by atoms with Crippen LogP contribution in [0.25, 0.3) is 0 Å². The number of hydrogen-bond acceptors (Lipinski definition) is 2. The van der Waals surface area contributed by atoms with Crippen molar-refractivity contribution in [3.63, 3.8) is 0 Å². The smallest absolute Gasteiger partial charge is 0.355 e. The van der Waals surface area contributed by atoms with Crippen molar-refractivity contribution >= 4 is 5.91 Å². The van der Waals surface area contributed by atoms with Gasteiger partial charge in [-0.2, -0.15) is 13.2 Å². The second-order valence-corrected chi connectivity index (χ2v) is 4.60. The maximum absolute atomic E-state index is 11.9. The molecule has 1 saturated heterocycles. The second-order valence-electron chi connectivity index (χ2n) is 4.60. The molecule has 1 heterocycles. The highest BCUT2D eigenvalue weighted by Crippen LogP contribution is 2.21. The molecule has 1 aliphatic rings. The Morgan fingerprint density at radius 2 is 2.18 bits per heavy atom. The first kappa shape index (κ1) is 14.3. The fourth-order valence-corrected chi connectivity index (χ4v) is 1.95. The first-order valence-corrected chi connectivity index (χ1v) is 5.95. The summed E-state index contributed by atoms with van der Waals surface area (Å²) in [4.78, 5) is 11.2. The van der Waals surface area contributed by atoms with Crippen LogP contribution in [-0.4, -0.2) is 31.2 Å². The highest BCUT2D eigenvalue weighted by Gasteiger charge is 2.28. The predicted octanol–water partition coefficient (Wildman–Crippen LogP) is 1.83. The van der Waals surface area contributed by atoms with Crippen LogP contribution in [0.15, 0.2) is 0 Å². The molecule has 0 unspecified atom stereocenters. The van der Waals surface area contributed by atoms with Crippen LogP contribution in [0.5, 0.6) is 0 Å². The first-order chi connectivity index (χ1) is 7.88. The molecule has 0 saturated carbocycles. The lowest BCUT2D eigenvalue weighted by atomic mass is 9.93. The molecule has 0 bridgehead atoms. The van der Waals surface area contributed by atoms with Gasteiger partial charge in [0.05, 0.1) is 6.42 Å². The van der Waals surface area contributed by atoms with Crippen LogP contribution in [0.3, 0.4) is 0 Å². The SMILES string of the molecule is C[C@H]1CCCN[C@H]1CNC(=O)CCC(F)(F)F. The largest absolute Gasteiger partial charge is 0.389 e. The van der Waals surface area contributed by atoms with Crippen LogP contribution in [0.4, 0.5) is 13.2 Å². The molecule has 6 heteroatoms. The maximum Gasteiger partial charge on any atom is 0.389 e. The third-order valence-electron chi connectivity index (χ3n) is 3.08. The number of piperidine rings is 1. The van der Waals surface area contributed by atoms with Crippen LogP contribution >= 0.6 is 0 Å². The van der Waals surface area contributed by atoms with E-state index in [9.17, 15) is 18.0 Å². The van der Waals surface area contributed by atoms with Crippen molar-refractivity contribution in [2.45, 2.75) is 44.8 Å². The monoisotopic (exact) mass is 252 g/mol. The van der Waals surface area contributed by atoms with Crippen LogP contribution < -0.4 is 10.6 Å². The molecule has 100 valence electrons. The minimum absolute atomic E-state index is 0.179. The summed E-state index contributed by atoms with van der Waals surface area (Å²) < 4.78 is 35.6. The quantitative estimate of drug-likeness (QED) is 0.801. The Morgan fingerprint density at radius 3 is 2.76 bits per heavy atom. The molecule has 0 radical (unpaired) electrons. The van der Waals surface area contributed by atoms with Crippen molar-refractivity contribution in [1.29, 1.82) is 0 Å². The summed E-state index contributed by atoms with van der Waals surface area (Å²) in [6, 6.07) is 0.179. The van der Waals surface area contributed by atoms with Gasteiger partial charge in [-0.1, -0.05) is 6.92 Å². The van der Waals surface area contributed by atoms with E-state index in [2.05, 4.69) is 17.6 Å². The third-order valence-corrected chi connectivity index (χ3v) is 3.08. The highest BCUT2D eigenvalue weighted by atomic mass is 19.4. The van der Waals surface area contributed by atoms with E-state index in [1.165, 1.54) is 0 Å². The molecule has 0 aromatic rings. The van der Waals surface area contributed by atoms with Crippen LogP contribution in [0, 0.1) is 5.92 Å². The Bertz CT molecular complexity index is 256. The zero-order valence-electron chi connectivity index (χ0n) is 9.94. The molecule has 1 aliphatic heterocycles. The molecule has 1 rings (SSSR count). The number of alkyl halides is 3. The van der Waals surface area contributed by atoms with Gasteiger partial charge in [-0.25, -0.2) is 0 Å². The zero-order chi connectivity index (χ0) is 12.9. The van der Waals surface area contributed by atoms with Crippen LogP contribution in [-0.2, 0) is 4.79 Å². The number of nitrogens with one attached hydrogen (secondary N) is 2. The van der Waals surface area contributed by atoms with E-state index < -0.39 is 24.9 Å². The molecular formula is C11H19F3N2O. The molecule has 1 amide bonds. The molecule has 0 aliphatic carbocycles. The van der Waals surface area contributed by atoms with Gasteiger partial charge in [0.15, 0.2) is 0 Å². The fraction of sp³-hybridized carbons (Fsp3) is 0.909. The van der Waals surface area contributed by atoms with Gasteiger partial charge in [-0.05, 0) is 25.3 Å². The summed E-state index contributed by atoms with van der Waals surface area (Å²) in [6.45, 7) is 3.41. The summed E-state index contributed by atoms with van der Waals surface area (Å²) in [5.41, 5.74) is 0. The Balaban J connectivity index is 2.19. The molecule has 2 N–H and O–H groups in total. The summed E-state index contributed by atoms with van der Waals surface area (Å²) >= 11 is 0. The van der Waals surface area contributed by atoms with Gasteiger partial charge >= 0.3 is 6.18 Å². The Hall–Kier alpha value is -0.780. The average Bonchev–Trinajstić information content (AvgIpc) is 2.24. The van der Waals surface area contributed by atoms with Crippen molar-refractivity contribution < 1.29 is 18.0 Å². The minimum atomic E-state index is -4.26. The number of halogens is 3. The Labute approximate surface area is 99.1 Å². The van der Waals surface area contributed by atoms with E-state index in [0.29, 0.717) is 12.5 Å². The van der Waals surface area contributed by atoms with Crippen molar-refractivity contribution in [1.82, 2.24) is 10.6 Å². The lowest BCUT2D eigenvalue weighted by molar-refractivity contribution is -0.144. The second kappa shape index (κ2) is 6.23. The van der Waals surface area contributed by atoms with Gasteiger partial charge in [-0.3, -0.25) is 4.79 Å². The van der Waals surface area contributed by atoms with Gasteiger partial charge < -0.3 is 10.6 Å². The zero-order valence-corrected chi connectivity index (χ0v) is 9.94. The maximum atomic E-state index is 11.9. The minimum Gasteiger partial charge on any atom is -0.355 e. The molecule has 3 nitrogen and oxygen atoms in total. The number of amides is 1. The number of hydrogen-bond donors (Lipinski definition) is 2. The summed E-state index contributed by atoms with van der Waals surface area (Å²) in [5, 5.41) is 5.81. The van der Waals surface area contributed by atoms with Crippen molar-refractivity contribution in [2.75, 3.05) is 13.1 Å². The van der Waals surface area contributed by atoms with Gasteiger partial charge in [0.1, 0.15) is 0 Å². The van der Waals surface area contributed by atoms with Gasteiger partial charge in [-0.15, -0.1) is 0 Å². The molecule has 17 heavy (non-hydrogen) atoms. The molecule has 0 aromatic heterocycles. The van der Waals surface area contributed by atoms with E-state index in [1.54, 1.807) is 0 Å². The van der Waals surface area contributed by atoms with Crippen molar-refractivity contribution in [3.05, 3.63) is 0 Å². The summed E-state index contributed by atoms with van der Waals surface area (Å²) in [6.07, 6.45) is -3.58. The third kappa shape index (κ3) is 5.91. The summed E-state index contributed by atoms with van der Waals surface area (Å²) in [5.74, 6) is -0.0754. The predicted molar refractivity (Wildman–Crippen MR) is 58.5 cm³/mol. The first-order valence-electron chi connectivity index (χ1n) is 5.95. The molecule has 2 atom stereocenters. The van der Waals surface area contributed by atoms with E-state index in [1.807, 2.05) is 0 Å². The van der Waals surface area contributed by atoms with E-state index in [0.717, 1.165) is 19.4 Å². The lowest BCUT2D eigenvalue weighted by Gasteiger charge is -2.30. The van der Waals surface area contributed by atoms with Gasteiger partial charge in [0.25, 0.3) is 0 Å². The van der Waals surface area contributed by atoms with Crippen LogP contribution in [0.1, 0.15) is 32.6 Å². The molecule has 0 aromatic carbocycles. The summed E-state index contributed by atoms with van der Waals surface area (Å²) in [7, 11) is 0. The van der Waals surface area contributed by atoms with Gasteiger partial charge in [0.2, 0.25) is 5.91 Å². The van der Waals surface area contributed by atoms with E-state index in [-0.39, 0.29) is 6.04 Å². The Kier molecular flexibility index (Phi) is 5.24. The fourth-order valence-electron chi connectivity index (χ4n) is 1.95. The number of carbonyl (C=O) groups excluding carboxylic acids is 1. The Morgan fingerprint density at radius 1 is 1.47 bits per heavy atom. The average molecular weight is 252 g/mol. The highest BCUT2D eigenvalue weighted by molar-refractivity contribution is 5.75. The standard InChI is InChI=1S/C11H19F3N2O/c1-8-3-2-6-15-9(8)7-16-10(17)4-5-11(12,13)14/h8-9,15H,2-7H2,1H3,(H,16,17)/t8-,9-/m0/s1. The number of rotatable bonds is 4. The number of carbonyl (C=O) groups is 1. The molecule has 0 spiro atoms. The van der Waals surface area contributed by atoms with Crippen molar-refractivity contribution in [3.8, 4) is 0 Å².